The van der Waals surface area contributed by atoms with E-state index < -0.39 is 0 Å². The summed E-state index contributed by atoms with van der Waals surface area (Å²) in [4.78, 5) is 0. The summed E-state index contributed by atoms with van der Waals surface area (Å²) in [5.74, 6) is 0.686. The van der Waals surface area contributed by atoms with Crippen LogP contribution in [0.4, 0.5) is 0 Å². The van der Waals surface area contributed by atoms with Gasteiger partial charge in [0.25, 0.3) is 0 Å². The van der Waals surface area contributed by atoms with Gasteiger partial charge in [-0.05, 0) is 82.8 Å². The predicted molar refractivity (Wildman–Crippen MR) is 102 cm³/mol. The molecule has 116 valence electrons. The van der Waals surface area contributed by atoms with E-state index in [1.807, 2.05) is 0 Å². The first kappa shape index (κ1) is 13.0. The van der Waals surface area contributed by atoms with Crippen LogP contribution in [-0.2, 0) is 5.41 Å². The first-order valence-electron chi connectivity index (χ1n) is 8.97. The average molecular weight is 308 g/mol. The molecule has 0 saturated heterocycles. The summed E-state index contributed by atoms with van der Waals surface area (Å²) < 4.78 is 0. The molecule has 6 rings (SSSR count). The Morgan fingerprint density at radius 2 is 1.54 bits per heavy atom. The highest BCUT2D eigenvalue weighted by atomic mass is 14.6. The van der Waals surface area contributed by atoms with E-state index in [1.165, 1.54) is 50.6 Å². The molecule has 0 N–H and O–H groups in total. The summed E-state index contributed by atoms with van der Waals surface area (Å²) >= 11 is 0. The van der Waals surface area contributed by atoms with Gasteiger partial charge >= 0.3 is 0 Å². The van der Waals surface area contributed by atoms with Crippen LogP contribution in [0.25, 0.3) is 28.0 Å². The van der Waals surface area contributed by atoms with Gasteiger partial charge < -0.3 is 0 Å². The van der Waals surface area contributed by atoms with Crippen LogP contribution in [0, 0.1) is 26.7 Å². The highest BCUT2D eigenvalue weighted by Gasteiger charge is 2.60. The predicted octanol–water partition coefficient (Wildman–Crippen LogP) is 6.08. The van der Waals surface area contributed by atoms with E-state index in [1.54, 1.807) is 11.1 Å². The van der Waals surface area contributed by atoms with Crippen molar-refractivity contribution in [2.24, 2.45) is 5.92 Å². The highest BCUT2D eigenvalue weighted by Crippen LogP contribution is 2.68. The lowest BCUT2D eigenvalue weighted by molar-refractivity contribution is 0.784. The van der Waals surface area contributed by atoms with E-state index in [0.29, 0.717) is 5.92 Å². The van der Waals surface area contributed by atoms with Crippen molar-refractivity contribution in [1.82, 2.24) is 0 Å². The van der Waals surface area contributed by atoms with E-state index in [9.17, 15) is 0 Å². The lowest BCUT2D eigenvalue weighted by atomic mass is 9.69. The van der Waals surface area contributed by atoms with Gasteiger partial charge in [0.2, 0.25) is 0 Å². The quantitative estimate of drug-likeness (QED) is 0.472. The molecule has 0 nitrogen and oxygen atoms in total. The van der Waals surface area contributed by atoms with E-state index in [-0.39, 0.29) is 5.41 Å². The summed E-state index contributed by atoms with van der Waals surface area (Å²) in [5.41, 5.74) is 11.9. The second kappa shape index (κ2) is 3.83. The van der Waals surface area contributed by atoms with Crippen LogP contribution in [0.5, 0.6) is 0 Å². The maximum atomic E-state index is 2.47. The summed E-state index contributed by atoms with van der Waals surface area (Å²) in [7, 11) is 0. The largest absolute Gasteiger partial charge is 0.0795 e. The molecule has 0 heteroatoms. The molecule has 2 unspecified atom stereocenters. The molecule has 3 aliphatic rings. The zero-order valence-corrected chi connectivity index (χ0v) is 14.4. The van der Waals surface area contributed by atoms with Crippen LogP contribution in [-0.4, -0.2) is 0 Å². The van der Waals surface area contributed by atoms with E-state index >= 15 is 0 Å². The SMILES string of the molecule is Cc1cc2c3c(c1)-c1cc(C)cc4cc(C)cc(c14)C31CC1C=C2. The third kappa shape index (κ3) is 1.33. The van der Waals surface area contributed by atoms with Gasteiger partial charge in [0, 0.05) is 5.41 Å². The minimum Gasteiger partial charge on any atom is -0.0795 e. The summed E-state index contributed by atoms with van der Waals surface area (Å²) in [6, 6.07) is 14.4. The Kier molecular flexibility index (Phi) is 2.08. The minimum absolute atomic E-state index is 0.250. The normalized spacial score (nSPS) is 24.7. The molecule has 0 heterocycles. The van der Waals surface area contributed by atoms with E-state index in [4.69, 9.17) is 0 Å². The van der Waals surface area contributed by atoms with Crippen molar-refractivity contribution in [3.63, 3.8) is 0 Å². The average Bonchev–Trinajstić information content (AvgIpc) is 3.26. The molecular weight excluding hydrogens is 288 g/mol. The Morgan fingerprint density at radius 3 is 2.38 bits per heavy atom. The fraction of sp³-hybridized carbons (Fsp3) is 0.250. The van der Waals surface area contributed by atoms with Gasteiger partial charge in [0.15, 0.2) is 0 Å². The van der Waals surface area contributed by atoms with Crippen LogP contribution >= 0.6 is 0 Å². The molecular formula is C24H20. The van der Waals surface area contributed by atoms with Gasteiger partial charge in [-0.3, -0.25) is 0 Å². The van der Waals surface area contributed by atoms with Crippen molar-refractivity contribution in [3.05, 3.63) is 75.9 Å². The van der Waals surface area contributed by atoms with Crippen LogP contribution in [0.2, 0.25) is 0 Å². The molecule has 3 aromatic rings. The highest BCUT2D eigenvalue weighted by molar-refractivity contribution is 6.06. The lowest BCUT2D eigenvalue weighted by Crippen LogP contribution is -2.21. The Bertz CT molecular complexity index is 1110. The molecule has 3 aliphatic carbocycles. The number of fused-ring (bicyclic) bond motifs is 1. The van der Waals surface area contributed by atoms with Crippen molar-refractivity contribution in [2.75, 3.05) is 0 Å². The zero-order chi connectivity index (χ0) is 16.2. The molecule has 0 bridgehead atoms. The standard InChI is InChI=1S/C24H20/c1-13-6-16-4-5-18-12-24(18)21-11-15(3)8-17-7-14(2)9-19(22(17)21)20(10-13)23(16)24/h4-11,18H,12H2,1-3H3. The topological polar surface area (TPSA) is 0 Å². The Balaban J connectivity index is 1.90. The zero-order valence-electron chi connectivity index (χ0n) is 14.4. The number of hydrogen-bond acceptors (Lipinski definition) is 0. The van der Waals surface area contributed by atoms with Crippen LogP contribution in [0.15, 0.2) is 42.5 Å². The summed E-state index contributed by atoms with van der Waals surface area (Å²) in [6.07, 6.45) is 6.10. The van der Waals surface area contributed by atoms with Gasteiger partial charge in [-0.25, -0.2) is 0 Å². The monoisotopic (exact) mass is 308 g/mol. The van der Waals surface area contributed by atoms with Crippen LogP contribution in [0.3, 0.4) is 0 Å². The molecule has 1 spiro atoms. The fourth-order valence-corrected chi connectivity index (χ4v) is 5.51. The molecule has 0 aliphatic heterocycles. The lowest BCUT2D eigenvalue weighted by Gasteiger charge is -2.34. The van der Waals surface area contributed by atoms with Gasteiger partial charge in [-0.15, -0.1) is 0 Å². The van der Waals surface area contributed by atoms with E-state index in [2.05, 4.69) is 69.3 Å². The van der Waals surface area contributed by atoms with Crippen LogP contribution < -0.4 is 0 Å². The Hall–Kier alpha value is -2.34. The van der Waals surface area contributed by atoms with Crippen molar-refractivity contribution in [1.29, 1.82) is 0 Å². The third-order valence-corrected chi connectivity index (χ3v) is 6.39. The first-order valence-corrected chi connectivity index (χ1v) is 8.97. The van der Waals surface area contributed by atoms with Gasteiger partial charge in [0.1, 0.15) is 0 Å². The third-order valence-electron chi connectivity index (χ3n) is 6.39. The molecule has 0 aromatic heterocycles. The number of hydrogen-bond donors (Lipinski definition) is 0. The Labute approximate surface area is 142 Å². The molecule has 1 saturated carbocycles. The van der Waals surface area contributed by atoms with Crippen molar-refractivity contribution < 1.29 is 0 Å². The number of allylic oxidation sites excluding steroid dienone is 1. The molecule has 0 radical (unpaired) electrons. The molecule has 24 heavy (non-hydrogen) atoms. The van der Waals surface area contributed by atoms with Crippen molar-refractivity contribution in [3.8, 4) is 11.1 Å². The smallest absolute Gasteiger partial charge is 0.0290 e. The fourth-order valence-electron chi connectivity index (χ4n) is 5.51. The second-order valence-electron chi connectivity index (χ2n) is 8.14. The molecule has 2 atom stereocenters. The molecule has 3 aromatic carbocycles. The second-order valence-corrected chi connectivity index (χ2v) is 8.14. The Morgan fingerprint density at radius 1 is 0.833 bits per heavy atom. The summed E-state index contributed by atoms with van der Waals surface area (Å²) in [5, 5.41) is 2.93. The molecule has 0 amide bonds. The van der Waals surface area contributed by atoms with Gasteiger partial charge in [0.05, 0.1) is 0 Å². The van der Waals surface area contributed by atoms with Gasteiger partial charge in [-0.1, -0.05) is 54.1 Å². The summed E-state index contributed by atoms with van der Waals surface area (Å²) in [6.45, 7) is 6.70. The van der Waals surface area contributed by atoms with Gasteiger partial charge in [-0.2, -0.15) is 0 Å². The van der Waals surface area contributed by atoms with Crippen LogP contribution in [0.1, 0.15) is 39.8 Å². The maximum Gasteiger partial charge on any atom is 0.0290 e. The van der Waals surface area contributed by atoms with Crippen molar-refractivity contribution in [2.45, 2.75) is 32.6 Å². The number of benzene rings is 3. The first-order chi connectivity index (χ1) is 11.6. The van der Waals surface area contributed by atoms with E-state index in [0.717, 1.165) is 0 Å². The molecule has 1 fully saturated rings. The maximum absolute atomic E-state index is 2.47. The van der Waals surface area contributed by atoms with Crippen molar-refractivity contribution >= 4 is 16.8 Å². The number of aryl methyl sites for hydroxylation is 3. The number of rotatable bonds is 0. The minimum atomic E-state index is 0.250.